The molecule has 6 rings (SSSR count). The average Bonchev–Trinajstić information content (AvgIpc) is 3.45. The second-order valence-electron chi connectivity index (χ2n) is 8.59. The fraction of sp³-hybridized carbons (Fsp3) is 0.333. The number of nitrogens with zero attached hydrogens (tertiary/aromatic N) is 2. The molecule has 1 amide bonds. The van der Waals surface area contributed by atoms with Crippen LogP contribution in [0.25, 0.3) is 11.3 Å². The zero-order valence-corrected chi connectivity index (χ0v) is 20.7. The summed E-state index contributed by atoms with van der Waals surface area (Å²) in [6.45, 7) is 3.31. The molecular weight excluding hydrogens is 552 g/mol. The maximum absolute atomic E-state index is 14.5. The molecule has 0 saturated carbocycles. The number of hydrogen-bond donors (Lipinski definition) is 3. The van der Waals surface area contributed by atoms with Crippen LogP contribution in [0.2, 0.25) is 0 Å². The van der Waals surface area contributed by atoms with E-state index in [1.807, 2.05) is 6.07 Å². The number of aromatic nitrogens is 2. The zero-order valence-electron chi connectivity index (χ0n) is 18.5. The number of pyridine rings is 1. The van der Waals surface area contributed by atoms with Gasteiger partial charge in [0.15, 0.2) is 0 Å². The summed E-state index contributed by atoms with van der Waals surface area (Å²) >= 11 is -0.359. The third-order valence-corrected chi connectivity index (χ3v) is 9.86. The Balaban J connectivity index is 1.56. The Labute approximate surface area is 206 Å². The van der Waals surface area contributed by atoms with Crippen molar-refractivity contribution in [1.82, 2.24) is 18.4 Å². The van der Waals surface area contributed by atoms with Gasteiger partial charge in [-0.25, -0.2) is 0 Å². The quantitative estimate of drug-likeness (QED) is 0.239. The van der Waals surface area contributed by atoms with Crippen LogP contribution in [0.1, 0.15) is 26.4 Å². The number of anilines is 2. The molecular formula is C24H24FIN5O3-. The van der Waals surface area contributed by atoms with Gasteiger partial charge in [0.05, 0.1) is 0 Å². The number of ether oxygens (including phenoxy) is 2. The predicted molar refractivity (Wildman–Crippen MR) is 121 cm³/mol. The van der Waals surface area contributed by atoms with Crippen molar-refractivity contribution in [3.05, 3.63) is 53.7 Å². The summed E-state index contributed by atoms with van der Waals surface area (Å²) in [5.41, 5.74) is 4.05. The van der Waals surface area contributed by atoms with Crippen molar-refractivity contribution in [2.75, 3.05) is 38.7 Å². The van der Waals surface area contributed by atoms with E-state index < -0.39 is 5.82 Å². The summed E-state index contributed by atoms with van der Waals surface area (Å²) in [5, 5.41) is 6.40. The Kier molecular flexibility index (Phi) is 5.56. The van der Waals surface area contributed by atoms with Crippen LogP contribution in [0.5, 0.6) is 11.5 Å². The van der Waals surface area contributed by atoms with Crippen LogP contribution < -0.4 is 41.6 Å². The van der Waals surface area contributed by atoms with Gasteiger partial charge in [-0.1, -0.05) is 0 Å². The van der Waals surface area contributed by atoms with Gasteiger partial charge in [-0.2, -0.15) is 0 Å². The normalized spacial score (nSPS) is 23.4. The molecule has 3 aliphatic rings. The van der Waals surface area contributed by atoms with E-state index in [4.69, 9.17) is 9.47 Å². The molecule has 0 radical (unpaired) electrons. The van der Waals surface area contributed by atoms with Crippen molar-refractivity contribution >= 4 is 17.3 Å². The van der Waals surface area contributed by atoms with Crippen LogP contribution >= 0.6 is 0 Å². The van der Waals surface area contributed by atoms with Gasteiger partial charge in [0.2, 0.25) is 0 Å². The standard InChI is InChI=1S/C24H24FIN5O3/c1-33-23-15(25)3-2-4-17(23)29-22-19-21-16(9-28-24(19)32)26-31-8-6-13(11-31)12-34-18-10-27-7-5-14(18)20(22)30-21/h2-5,7,10,13,16,29-30H,6,8-9,11-12H2,1H3,(H,28,32)/q-1/t13-,16-/m0/s1. The molecule has 5 heterocycles. The third-order valence-electron chi connectivity index (χ3n) is 6.46. The van der Waals surface area contributed by atoms with Gasteiger partial charge in [0, 0.05) is 0 Å². The summed E-state index contributed by atoms with van der Waals surface area (Å²) in [5.74, 6) is 0.598. The first kappa shape index (κ1) is 21.7. The van der Waals surface area contributed by atoms with Crippen molar-refractivity contribution in [2.45, 2.75) is 10.3 Å². The summed E-state index contributed by atoms with van der Waals surface area (Å²) in [7, 11) is 1.43. The van der Waals surface area contributed by atoms with Gasteiger partial charge in [-0.15, -0.1) is 0 Å². The van der Waals surface area contributed by atoms with Crippen LogP contribution in [0, 0.1) is 11.7 Å². The number of aromatic amines is 1. The molecule has 3 aromatic rings. The maximum atomic E-state index is 14.5. The number of methoxy groups -OCH3 is 1. The first-order valence-corrected chi connectivity index (χ1v) is 13.4. The average molecular weight is 576 g/mol. The first-order chi connectivity index (χ1) is 16.6. The minimum absolute atomic E-state index is 0.0936. The Bertz CT molecular complexity index is 1270. The molecule has 0 spiro atoms. The number of benzene rings is 1. The molecule has 34 heavy (non-hydrogen) atoms. The van der Waals surface area contributed by atoms with E-state index >= 15 is 0 Å². The van der Waals surface area contributed by atoms with Crippen LogP contribution in [0.15, 0.2) is 36.7 Å². The van der Waals surface area contributed by atoms with Gasteiger partial charge in [0.25, 0.3) is 0 Å². The minimum atomic E-state index is -0.478. The van der Waals surface area contributed by atoms with Crippen LogP contribution in [-0.2, 0) is 0 Å². The third kappa shape index (κ3) is 3.68. The summed E-state index contributed by atoms with van der Waals surface area (Å²) in [4.78, 5) is 21.0. The monoisotopic (exact) mass is 576 g/mol. The molecule has 8 nitrogen and oxygen atoms in total. The number of carbonyl (C=O) groups is 1. The number of para-hydroxylation sites is 1. The van der Waals surface area contributed by atoms with Crippen molar-refractivity contribution in [3.8, 4) is 22.8 Å². The molecule has 0 aliphatic carbocycles. The van der Waals surface area contributed by atoms with Gasteiger partial charge < -0.3 is 0 Å². The van der Waals surface area contributed by atoms with E-state index in [-0.39, 0.29) is 37.1 Å². The predicted octanol–water partition coefficient (Wildman–Crippen LogP) is 0.471. The Morgan fingerprint density at radius 1 is 1.35 bits per heavy atom. The Morgan fingerprint density at radius 3 is 3.15 bits per heavy atom. The number of H-pyrrole nitrogens is 1. The van der Waals surface area contributed by atoms with Gasteiger partial charge in [0.1, 0.15) is 0 Å². The van der Waals surface area contributed by atoms with Crippen LogP contribution in [-0.4, -0.2) is 52.3 Å². The van der Waals surface area contributed by atoms with Gasteiger partial charge >= 0.3 is 207 Å². The fourth-order valence-electron chi connectivity index (χ4n) is 4.81. The second-order valence-corrected chi connectivity index (χ2v) is 12.0. The number of amides is 1. The summed E-state index contributed by atoms with van der Waals surface area (Å²) in [6, 6.07) is 6.58. The van der Waals surface area contributed by atoms with E-state index in [1.165, 1.54) is 13.2 Å². The molecule has 1 fully saturated rings. The zero-order chi connectivity index (χ0) is 23.2. The molecule has 4 bridgehead atoms. The molecule has 1 unspecified atom stereocenters. The van der Waals surface area contributed by atoms with E-state index in [0.29, 0.717) is 41.8 Å². The topological polar surface area (TPSA) is 91.5 Å². The van der Waals surface area contributed by atoms with Gasteiger partial charge in [-0.3, -0.25) is 0 Å². The molecule has 1 saturated heterocycles. The number of rotatable bonds is 3. The number of hydrogen-bond acceptors (Lipinski definition) is 6. The van der Waals surface area contributed by atoms with Crippen LogP contribution in [0.3, 0.4) is 0 Å². The van der Waals surface area contributed by atoms with Crippen molar-refractivity contribution < 1.29 is 40.1 Å². The molecule has 178 valence electrons. The first-order valence-electron chi connectivity index (χ1n) is 11.2. The summed E-state index contributed by atoms with van der Waals surface area (Å²) < 4.78 is 28.8. The Hall–Kier alpha value is -2.86. The van der Waals surface area contributed by atoms with E-state index in [2.05, 4.69) is 23.7 Å². The second kappa shape index (κ2) is 8.73. The van der Waals surface area contributed by atoms with E-state index in [1.54, 1.807) is 24.5 Å². The number of alkyl halides is 1. The van der Waals surface area contributed by atoms with Crippen molar-refractivity contribution in [2.24, 2.45) is 5.92 Å². The number of nitrogens with one attached hydrogen (secondary N) is 3. The summed E-state index contributed by atoms with van der Waals surface area (Å²) in [6.07, 6.45) is 4.54. The number of carbonyl (C=O) groups excluding carboxylic acids is 1. The SMILES string of the molecule is COc1c(F)cccc1Nc1c2[nH]c3c1C(=O)NC[C@@H]3[I-]N1CC[C@H](COc3cnccc3-2)C1. The van der Waals surface area contributed by atoms with Crippen molar-refractivity contribution in [3.63, 3.8) is 0 Å². The van der Waals surface area contributed by atoms with Crippen LogP contribution in [0.4, 0.5) is 15.8 Å². The van der Waals surface area contributed by atoms with Crippen molar-refractivity contribution in [1.29, 1.82) is 0 Å². The van der Waals surface area contributed by atoms with E-state index in [9.17, 15) is 9.18 Å². The molecule has 3 aliphatic heterocycles. The Morgan fingerprint density at radius 2 is 2.26 bits per heavy atom. The molecule has 3 atom stereocenters. The number of fused-ring (bicyclic) bond motifs is 5. The number of halogens is 2. The molecule has 3 N–H and O–H groups in total. The molecule has 2 aromatic heterocycles. The van der Waals surface area contributed by atoms with Gasteiger partial charge in [-0.05, 0) is 0 Å². The fourth-order valence-corrected chi connectivity index (χ4v) is 8.26. The molecule has 1 aromatic carbocycles. The van der Waals surface area contributed by atoms with E-state index in [0.717, 1.165) is 36.5 Å². The molecule has 10 heteroatoms.